The van der Waals surface area contributed by atoms with Crippen LogP contribution in [0.15, 0.2) is 24.3 Å². The molecule has 0 fully saturated rings. The number of ether oxygens (including phenoxy) is 3. The first-order valence-corrected chi connectivity index (χ1v) is 27.3. The average molecular weight is 873 g/mol. The lowest BCUT2D eigenvalue weighted by Gasteiger charge is -2.18. The number of esters is 3. The van der Waals surface area contributed by atoms with Crippen molar-refractivity contribution in [3.8, 4) is 0 Å². The third-order valence-corrected chi connectivity index (χ3v) is 12.2. The molecule has 0 radical (unpaired) electrons. The van der Waals surface area contributed by atoms with E-state index in [1.165, 1.54) is 180 Å². The SMILES string of the molecule is CCC/C=C\CCCCCCCC(=O)OCC(COC(=O)CCCCCCCCCCCCCCCCCCCCCC)OC(=O)CCCCCCC/C=C\CCCCCCC. The van der Waals surface area contributed by atoms with Crippen molar-refractivity contribution >= 4 is 17.9 Å². The molecule has 0 bridgehead atoms. The van der Waals surface area contributed by atoms with Crippen LogP contribution in [0.4, 0.5) is 0 Å². The summed E-state index contributed by atoms with van der Waals surface area (Å²) in [4.78, 5) is 37.9. The number of allylic oxidation sites excluding steroid dienone is 4. The zero-order chi connectivity index (χ0) is 45.1. The van der Waals surface area contributed by atoms with E-state index in [-0.39, 0.29) is 31.1 Å². The second-order valence-electron chi connectivity index (χ2n) is 18.5. The lowest BCUT2D eigenvalue weighted by atomic mass is 10.0. The molecule has 0 rings (SSSR count). The first-order chi connectivity index (χ1) is 30.5. The van der Waals surface area contributed by atoms with Crippen LogP contribution in [0.25, 0.3) is 0 Å². The summed E-state index contributed by atoms with van der Waals surface area (Å²) in [7, 11) is 0. The maximum Gasteiger partial charge on any atom is 0.306 e. The Bertz CT molecular complexity index is 1000. The van der Waals surface area contributed by atoms with E-state index >= 15 is 0 Å². The fourth-order valence-corrected chi connectivity index (χ4v) is 8.03. The highest BCUT2D eigenvalue weighted by molar-refractivity contribution is 5.71. The fourth-order valence-electron chi connectivity index (χ4n) is 8.03. The van der Waals surface area contributed by atoms with Crippen LogP contribution in [0, 0.1) is 0 Å². The normalized spacial score (nSPS) is 12.1. The number of carbonyl (C=O) groups excluding carboxylic acids is 3. The van der Waals surface area contributed by atoms with Crippen LogP contribution in [-0.2, 0) is 28.6 Å². The Morgan fingerprint density at radius 3 is 0.871 bits per heavy atom. The van der Waals surface area contributed by atoms with Crippen molar-refractivity contribution in [2.24, 2.45) is 0 Å². The summed E-state index contributed by atoms with van der Waals surface area (Å²) in [5, 5.41) is 0. The van der Waals surface area contributed by atoms with Gasteiger partial charge in [0, 0.05) is 19.3 Å². The highest BCUT2D eigenvalue weighted by Crippen LogP contribution is 2.16. The molecule has 1 atom stereocenters. The van der Waals surface area contributed by atoms with Crippen LogP contribution in [0.2, 0.25) is 0 Å². The van der Waals surface area contributed by atoms with Gasteiger partial charge in [-0.15, -0.1) is 0 Å². The molecular weight excluding hydrogens is 769 g/mol. The van der Waals surface area contributed by atoms with Crippen LogP contribution >= 0.6 is 0 Å². The van der Waals surface area contributed by atoms with E-state index < -0.39 is 6.10 Å². The zero-order valence-corrected chi connectivity index (χ0v) is 41.7. The molecule has 0 aromatic carbocycles. The Balaban J connectivity index is 4.25. The fraction of sp³-hybridized carbons (Fsp3) is 0.875. The molecule has 0 aliphatic heterocycles. The summed E-state index contributed by atoms with van der Waals surface area (Å²) >= 11 is 0. The van der Waals surface area contributed by atoms with Gasteiger partial charge in [-0.25, -0.2) is 0 Å². The van der Waals surface area contributed by atoms with E-state index in [2.05, 4.69) is 45.1 Å². The van der Waals surface area contributed by atoms with E-state index in [4.69, 9.17) is 14.2 Å². The van der Waals surface area contributed by atoms with Crippen molar-refractivity contribution in [1.82, 2.24) is 0 Å². The van der Waals surface area contributed by atoms with Gasteiger partial charge in [0.25, 0.3) is 0 Å². The van der Waals surface area contributed by atoms with Crippen molar-refractivity contribution in [2.45, 2.75) is 303 Å². The number of carbonyl (C=O) groups is 3. The van der Waals surface area contributed by atoms with Crippen LogP contribution in [0.5, 0.6) is 0 Å². The van der Waals surface area contributed by atoms with E-state index in [0.29, 0.717) is 19.3 Å². The van der Waals surface area contributed by atoms with Crippen molar-refractivity contribution < 1.29 is 28.6 Å². The Kier molecular flexibility index (Phi) is 49.8. The Hall–Kier alpha value is -2.11. The largest absolute Gasteiger partial charge is 0.462 e. The molecule has 0 aliphatic rings. The minimum absolute atomic E-state index is 0.0734. The number of rotatable bonds is 50. The van der Waals surface area contributed by atoms with Gasteiger partial charge in [-0.05, 0) is 64.2 Å². The molecule has 6 heteroatoms. The van der Waals surface area contributed by atoms with Gasteiger partial charge in [0.1, 0.15) is 13.2 Å². The molecule has 0 saturated heterocycles. The summed E-state index contributed by atoms with van der Waals surface area (Å²) in [6.07, 6.45) is 58.9. The van der Waals surface area contributed by atoms with Crippen LogP contribution in [-0.4, -0.2) is 37.2 Å². The third-order valence-electron chi connectivity index (χ3n) is 12.2. The Morgan fingerprint density at radius 1 is 0.306 bits per heavy atom. The van der Waals surface area contributed by atoms with Crippen molar-refractivity contribution in [3.05, 3.63) is 24.3 Å². The van der Waals surface area contributed by atoms with Crippen LogP contribution < -0.4 is 0 Å². The molecule has 62 heavy (non-hydrogen) atoms. The predicted molar refractivity (Wildman–Crippen MR) is 266 cm³/mol. The van der Waals surface area contributed by atoms with Gasteiger partial charge in [0.15, 0.2) is 6.10 Å². The molecule has 0 aromatic rings. The predicted octanol–water partition coefficient (Wildman–Crippen LogP) is 17.9. The second kappa shape index (κ2) is 51.5. The first kappa shape index (κ1) is 59.9. The molecule has 0 aromatic heterocycles. The van der Waals surface area contributed by atoms with Gasteiger partial charge >= 0.3 is 17.9 Å². The summed E-state index contributed by atoms with van der Waals surface area (Å²) in [5.74, 6) is -0.879. The summed E-state index contributed by atoms with van der Waals surface area (Å²) in [5.41, 5.74) is 0. The van der Waals surface area contributed by atoms with E-state index in [9.17, 15) is 14.4 Å². The molecule has 0 aliphatic carbocycles. The third kappa shape index (κ3) is 48.9. The molecule has 0 heterocycles. The zero-order valence-electron chi connectivity index (χ0n) is 41.7. The van der Waals surface area contributed by atoms with Crippen LogP contribution in [0.1, 0.15) is 297 Å². The van der Waals surface area contributed by atoms with Gasteiger partial charge in [0.2, 0.25) is 0 Å². The average Bonchev–Trinajstić information content (AvgIpc) is 3.27. The van der Waals surface area contributed by atoms with E-state index in [1.807, 2.05) is 0 Å². The molecule has 0 spiro atoms. The van der Waals surface area contributed by atoms with Gasteiger partial charge in [-0.1, -0.05) is 238 Å². The van der Waals surface area contributed by atoms with E-state index in [0.717, 1.165) is 77.0 Å². The van der Waals surface area contributed by atoms with Crippen LogP contribution in [0.3, 0.4) is 0 Å². The number of hydrogen-bond acceptors (Lipinski definition) is 6. The van der Waals surface area contributed by atoms with Crippen molar-refractivity contribution in [3.63, 3.8) is 0 Å². The maximum absolute atomic E-state index is 12.8. The molecule has 0 amide bonds. The molecule has 364 valence electrons. The van der Waals surface area contributed by atoms with E-state index in [1.54, 1.807) is 0 Å². The maximum atomic E-state index is 12.8. The Labute approximate surface area is 385 Å². The lowest BCUT2D eigenvalue weighted by molar-refractivity contribution is -0.167. The first-order valence-electron chi connectivity index (χ1n) is 27.3. The summed E-state index contributed by atoms with van der Waals surface area (Å²) in [6, 6.07) is 0. The van der Waals surface area contributed by atoms with Gasteiger partial charge in [-0.2, -0.15) is 0 Å². The Morgan fingerprint density at radius 2 is 0.565 bits per heavy atom. The van der Waals surface area contributed by atoms with Crippen molar-refractivity contribution in [2.75, 3.05) is 13.2 Å². The monoisotopic (exact) mass is 873 g/mol. The smallest absolute Gasteiger partial charge is 0.306 e. The minimum Gasteiger partial charge on any atom is -0.462 e. The van der Waals surface area contributed by atoms with Gasteiger partial charge in [0.05, 0.1) is 0 Å². The molecule has 6 nitrogen and oxygen atoms in total. The topological polar surface area (TPSA) is 78.9 Å². The molecule has 0 saturated carbocycles. The highest BCUT2D eigenvalue weighted by atomic mass is 16.6. The number of hydrogen-bond donors (Lipinski definition) is 0. The quantitative estimate of drug-likeness (QED) is 0.0262. The molecule has 0 N–H and O–H groups in total. The van der Waals surface area contributed by atoms with Gasteiger partial charge in [-0.3, -0.25) is 14.4 Å². The molecule has 1 unspecified atom stereocenters. The van der Waals surface area contributed by atoms with Crippen molar-refractivity contribution in [1.29, 1.82) is 0 Å². The molecular formula is C56H104O6. The highest BCUT2D eigenvalue weighted by Gasteiger charge is 2.19. The summed E-state index contributed by atoms with van der Waals surface area (Å²) < 4.78 is 16.8. The lowest BCUT2D eigenvalue weighted by Crippen LogP contribution is -2.30. The van der Waals surface area contributed by atoms with Gasteiger partial charge < -0.3 is 14.2 Å². The standard InChI is InChI=1S/C56H104O6/c1-4-7-10-13-16-19-22-24-26-27-28-29-30-31-33-34-37-40-43-46-49-55(58)61-52-53(51-60-54(57)48-45-42-39-36-21-18-15-12-9-6-3)62-56(59)50-47-44-41-38-35-32-25-23-20-17-14-11-8-5-2/h12,15,23,25,53H,4-11,13-14,16-22,24,26-52H2,1-3H3/b15-12-,25-23-. The number of unbranched alkanes of at least 4 members (excludes halogenated alkanes) is 35. The summed E-state index contributed by atoms with van der Waals surface area (Å²) in [6.45, 7) is 6.59. The minimum atomic E-state index is -0.774. The second-order valence-corrected chi connectivity index (χ2v) is 18.5.